The Bertz CT molecular complexity index is 936. The number of ether oxygens (including phenoxy) is 1. The summed E-state index contributed by atoms with van der Waals surface area (Å²) in [5, 5.41) is 25.4. The molecule has 0 atom stereocenters. The molecule has 1 amide bonds. The van der Waals surface area contributed by atoms with E-state index in [0.717, 1.165) is 17.4 Å². The first-order valence-corrected chi connectivity index (χ1v) is 8.54. The third kappa shape index (κ3) is 5.72. The Morgan fingerprint density at radius 2 is 2.04 bits per heavy atom. The normalized spacial score (nSPS) is 10.7. The van der Waals surface area contributed by atoms with Gasteiger partial charge in [0, 0.05) is 24.5 Å². The van der Waals surface area contributed by atoms with Gasteiger partial charge in [0.1, 0.15) is 22.4 Å². The molecule has 0 aliphatic rings. The number of methoxy groups -OCH3 is 1. The highest BCUT2D eigenvalue weighted by atomic mass is 35.5. The molecular weight excluding hydrogens is 384 g/mol. The number of carbonyl (C=O) groups is 1. The molecule has 8 nitrogen and oxygen atoms in total. The van der Waals surface area contributed by atoms with E-state index in [2.05, 4.69) is 10.6 Å². The fourth-order valence-corrected chi connectivity index (χ4v) is 2.45. The minimum absolute atomic E-state index is 0.0424. The molecule has 0 radical (unpaired) electrons. The van der Waals surface area contributed by atoms with Crippen molar-refractivity contribution in [3.8, 4) is 11.8 Å². The average molecular weight is 401 g/mol. The van der Waals surface area contributed by atoms with Crippen molar-refractivity contribution in [2.45, 2.75) is 6.42 Å². The van der Waals surface area contributed by atoms with Gasteiger partial charge in [0.25, 0.3) is 11.6 Å². The molecule has 0 saturated heterocycles. The zero-order chi connectivity index (χ0) is 20.5. The molecule has 0 bridgehead atoms. The summed E-state index contributed by atoms with van der Waals surface area (Å²) < 4.78 is 5.09. The van der Waals surface area contributed by atoms with Gasteiger partial charge in [-0.15, -0.1) is 0 Å². The number of rotatable bonds is 8. The van der Waals surface area contributed by atoms with E-state index in [-0.39, 0.29) is 22.0 Å². The van der Waals surface area contributed by atoms with Crippen LogP contribution < -0.4 is 15.4 Å². The monoisotopic (exact) mass is 400 g/mol. The molecular formula is C19H17ClN4O4. The van der Waals surface area contributed by atoms with Crippen molar-refractivity contribution in [1.82, 2.24) is 5.32 Å². The zero-order valence-electron chi connectivity index (χ0n) is 14.9. The van der Waals surface area contributed by atoms with E-state index in [1.165, 1.54) is 18.3 Å². The third-order valence-electron chi connectivity index (χ3n) is 3.73. The molecule has 0 fully saturated rings. The summed E-state index contributed by atoms with van der Waals surface area (Å²) in [6.45, 7) is 0.511. The predicted molar refractivity (Wildman–Crippen MR) is 105 cm³/mol. The number of carbonyl (C=O) groups excluding carboxylic acids is 1. The van der Waals surface area contributed by atoms with Crippen molar-refractivity contribution in [2.24, 2.45) is 0 Å². The Balaban J connectivity index is 1.94. The maximum atomic E-state index is 12.2. The van der Waals surface area contributed by atoms with Crippen molar-refractivity contribution in [2.75, 3.05) is 19.0 Å². The fraction of sp³-hybridized carbons (Fsp3) is 0.158. The molecule has 2 N–H and O–H groups in total. The number of anilines is 1. The Labute approximate surface area is 166 Å². The van der Waals surface area contributed by atoms with E-state index in [9.17, 15) is 20.2 Å². The smallest absolute Gasteiger partial charge is 0.289 e. The minimum atomic E-state index is -0.684. The first-order valence-electron chi connectivity index (χ1n) is 8.16. The summed E-state index contributed by atoms with van der Waals surface area (Å²) in [6, 6.07) is 13.2. The average Bonchev–Trinajstić information content (AvgIpc) is 2.69. The SMILES string of the molecule is COc1ccc(CCN/C=C(/C#N)C(=O)Nc2ccc(Cl)c([N+](=O)[O-])c2)cc1. The third-order valence-corrected chi connectivity index (χ3v) is 4.05. The quantitative estimate of drug-likeness (QED) is 0.230. The maximum absolute atomic E-state index is 12.2. The van der Waals surface area contributed by atoms with E-state index in [1.807, 2.05) is 24.3 Å². The lowest BCUT2D eigenvalue weighted by Gasteiger charge is -2.06. The largest absolute Gasteiger partial charge is 0.497 e. The highest BCUT2D eigenvalue weighted by molar-refractivity contribution is 6.32. The number of nitrogens with zero attached hydrogens (tertiary/aromatic N) is 2. The molecule has 0 aliphatic carbocycles. The Morgan fingerprint density at radius 3 is 2.64 bits per heavy atom. The van der Waals surface area contributed by atoms with Crippen LogP contribution in [0.25, 0.3) is 0 Å². The molecule has 9 heteroatoms. The summed E-state index contributed by atoms with van der Waals surface area (Å²) in [5.41, 5.74) is 0.741. The van der Waals surface area contributed by atoms with Gasteiger partial charge in [-0.3, -0.25) is 14.9 Å². The Hall–Kier alpha value is -3.57. The molecule has 0 aliphatic heterocycles. The second-order valence-electron chi connectivity index (χ2n) is 5.60. The highest BCUT2D eigenvalue weighted by Crippen LogP contribution is 2.27. The van der Waals surface area contributed by atoms with Crippen LogP contribution in [0.4, 0.5) is 11.4 Å². The number of hydrogen-bond acceptors (Lipinski definition) is 6. The maximum Gasteiger partial charge on any atom is 0.289 e. The first-order chi connectivity index (χ1) is 13.4. The molecule has 0 saturated carbocycles. The topological polar surface area (TPSA) is 117 Å². The van der Waals surface area contributed by atoms with Gasteiger partial charge in [-0.2, -0.15) is 5.26 Å². The molecule has 2 rings (SSSR count). The number of nitrogens with one attached hydrogen (secondary N) is 2. The van der Waals surface area contributed by atoms with E-state index >= 15 is 0 Å². The van der Waals surface area contributed by atoms with Gasteiger partial charge in [-0.25, -0.2) is 0 Å². The molecule has 2 aromatic rings. The second kappa shape index (κ2) is 9.94. The predicted octanol–water partition coefficient (Wildman–Crippen LogP) is 3.44. The van der Waals surface area contributed by atoms with Gasteiger partial charge in [0.2, 0.25) is 0 Å². The van der Waals surface area contributed by atoms with Crippen LogP contribution in [0, 0.1) is 21.4 Å². The Morgan fingerprint density at radius 1 is 1.32 bits per heavy atom. The zero-order valence-corrected chi connectivity index (χ0v) is 15.7. The van der Waals surface area contributed by atoms with Crippen LogP contribution in [0.3, 0.4) is 0 Å². The van der Waals surface area contributed by atoms with Crippen LogP contribution in [-0.4, -0.2) is 24.5 Å². The molecule has 0 aromatic heterocycles. The van der Waals surface area contributed by atoms with Crippen LogP contribution in [-0.2, 0) is 11.2 Å². The minimum Gasteiger partial charge on any atom is -0.497 e. The molecule has 144 valence electrons. The highest BCUT2D eigenvalue weighted by Gasteiger charge is 2.15. The van der Waals surface area contributed by atoms with Gasteiger partial charge in [0.15, 0.2) is 0 Å². The van der Waals surface area contributed by atoms with Crippen LogP contribution in [0.5, 0.6) is 5.75 Å². The molecule has 28 heavy (non-hydrogen) atoms. The lowest BCUT2D eigenvalue weighted by molar-refractivity contribution is -0.384. The first kappa shape index (κ1) is 20.7. The standard InChI is InChI=1S/C19H17ClN4O4/c1-28-16-5-2-13(3-6-16)8-9-22-12-14(11-21)19(25)23-15-4-7-17(20)18(10-15)24(26)27/h2-7,10,12,22H,8-9H2,1H3,(H,23,25)/b14-12-. The summed E-state index contributed by atoms with van der Waals surface area (Å²) in [7, 11) is 1.60. The van der Waals surface area contributed by atoms with Crippen molar-refractivity contribution in [3.05, 3.63) is 74.9 Å². The van der Waals surface area contributed by atoms with E-state index in [1.54, 1.807) is 13.2 Å². The van der Waals surface area contributed by atoms with Crippen molar-refractivity contribution >= 4 is 28.9 Å². The summed E-state index contributed by atoms with van der Waals surface area (Å²) >= 11 is 5.73. The summed E-state index contributed by atoms with van der Waals surface area (Å²) in [4.78, 5) is 22.4. The number of hydrogen-bond donors (Lipinski definition) is 2. The van der Waals surface area contributed by atoms with E-state index < -0.39 is 10.8 Å². The number of nitro groups is 1. The van der Waals surface area contributed by atoms with Gasteiger partial charge in [-0.1, -0.05) is 23.7 Å². The van der Waals surface area contributed by atoms with Crippen LogP contribution in [0.15, 0.2) is 54.2 Å². The lowest BCUT2D eigenvalue weighted by Crippen LogP contribution is -2.18. The molecule has 0 spiro atoms. The summed E-state index contributed by atoms with van der Waals surface area (Å²) in [5.74, 6) is 0.0820. The number of nitriles is 1. The molecule has 0 unspecified atom stereocenters. The molecule has 0 heterocycles. The van der Waals surface area contributed by atoms with Crippen LogP contribution in [0.2, 0.25) is 5.02 Å². The number of benzene rings is 2. The van der Waals surface area contributed by atoms with Crippen molar-refractivity contribution < 1.29 is 14.5 Å². The second-order valence-corrected chi connectivity index (χ2v) is 6.01. The van der Waals surface area contributed by atoms with Gasteiger partial charge < -0.3 is 15.4 Å². The number of amides is 1. The number of halogens is 1. The lowest BCUT2D eigenvalue weighted by atomic mass is 10.1. The van der Waals surface area contributed by atoms with Crippen molar-refractivity contribution in [3.63, 3.8) is 0 Å². The van der Waals surface area contributed by atoms with Gasteiger partial charge >= 0.3 is 0 Å². The Kier molecular flexibility index (Phi) is 7.37. The van der Waals surface area contributed by atoms with Crippen LogP contribution >= 0.6 is 11.6 Å². The molecule has 2 aromatic carbocycles. The van der Waals surface area contributed by atoms with Gasteiger partial charge in [-0.05, 0) is 36.2 Å². The fourth-order valence-electron chi connectivity index (χ4n) is 2.26. The van der Waals surface area contributed by atoms with E-state index in [4.69, 9.17) is 16.3 Å². The van der Waals surface area contributed by atoms with Gasteiger partial charge in [0.05, 0.1) is 12.0 Å². The summed E-state index contributed by atoms with van der Waals surface area (Å²) in [6.07, 6.45) is 1.99. The van der Waals surface area contributed by atoms with Crippen molar-refractivity contribution in [1.29, 1.82) is 5.26 Å². The van der Waals surface area contributed by atoms with E-state index in [0.29, 0.717) is 13.0 Å². The number of nitro benzene ring substituents is 1. The van der Waals surface area contributed by atoms with Crippen LogP contribution in [0.1, 0.15) is 5.56 Å².